The lowest BCUT2D eigenvalue weighted by atomic mass is 9.96. The van der Waals surface area contributed by atoms with Gasteiger partial charge >= 0.3 is 0 Å². The number of amides is 2. The predicted molar refractivity (Wildman–Crippen MR) is 119 cm³/mol. The molecule has 2 amide bonds. The number of benzene rings is 1. The lowest BCUT2D eigenvalue weighted by Gasteiger charge is -2.31. The Hall–Kier alpha value is -3.68. The summed E-state index contributed by atoms with van der Waals surface area (Å²) in [5, 5.41) is 6.88. The van der Waals surface area contributed by atoms with Crippen molar-refractivity contribution in [2.45, 2.75) is 32.6 Å². The summed E-state index contributed by atoms with van der Waals surface area (Å²) in [7, 11) is 0. The van der Waals surface area contributed by atoms with Crippen LogP contribution in [-0.4, -0.2) is 39.9 Å². The molecule has 0 spiro atoms. The molecule has 0 unspecified atom stereocenters. The quantitative estimate of drug-likeness (QED) is 0.614. The molecule has 166 valence electrons. The molecule has 1 saturated heterocycles. The summed E-state index contributed by atoms with van der Waals surface area (Å²) in [6.07, 6.45) is 4.72. The van der Waals surface area contributed by atoms with E-state index in [1.807, 2.05) is 26.0 Å². The van der Waals surface area contributed by atoms with Crippen LogP contribution in [0.15, 0.2) is 59.4 Å². The number of pyridine rings is 1. The molecule has 1 fully saturated rings. The summed E-state index contributed by atoms with van der Waals surface area (Å²) in [5.41, 5.74) is 0.854. The van der Waals surface area contributed by atoms with E-state index in [2.05, 4.69) is 15.5 Å². The van der Waals surface area contributed by atoms with E-state index < -0.39 is 0 Å². The number of likely N-dealkylation sites (tertiary alicyclic amines) is 1. The predicted octanol–water partition coefficient (Wildman–Crippen LogP) is 4.48. The number of nitrogens with zero attached hydrogens (tertiary/aromatic N) is 3. The Bertz CT molecular complexity index is 1080. The van der Waals surface area contributed by atoms with E-state index >= 15 is 0 Å². The Balaban J connectivity index is 1.42. The van der Waals surface area contributed by atoms with E-state index in [0.29, 0.717) is 42.5 Å². The maximum absolute atomic E-state index is 13.0. The number of para-hydroxylation sites is 2. The SMILES string of the molecule is CC(C)c1cc(C(=O)N2CCC[C@@H](C(=O)Nc3ccccc3Oc3cccnc3)C2)no1. The van der Waals surface area contributed by atoms with Gasteiger partial charge in [-0.1, -0.05) is 31.1 Å². The van der Waals surface area contributed by atoms with Gasteiger partial charge in [-0.05, 0) is 37.1 Å². The molecule has 8 nitrogen and oxygen atoms in total. The highest BCUT2D eigenvalue weighted by Crippen LogP contribution is 2.30. The number of rotatable bonds is 6. The zero-order chi connectivity index (χ0) is 22.5. The van der Waals surface area contributed by atoms with Gasteiger partial charge in [-0.25, -0.2) is 0 Å². The molecule has 32 heavy (non-hydrogen) atoms. The summed E-state index contributed by atoms with van der Waals surface area (Å²) in [4.78, 5) is 31.6. The molecule has 1 aliphatic rings. The van der Waals surface area contributed by atoms with Crippen LogP contribution >= 0.6 is 0 Å². The highest BCUT2D eigenvalue weighted by molar-refractivity contribution is 5.96. The summed E-state index contributed by atoms with van der Waals surface area (Å²) < 4.78 is 11.1. The van der Waals surface area contributed by atoms with Gasteiger partial charge in [0.15, 0.2) is 11.4 Å². The number of carbonyl (C=O) groups excluding carboxylic acids is 2. The van der Waals surface area contributed by atoms with Crippen LogP contribution in [0.1, 0.15) is 48.9 Å². The Morgan fingerprint density at radius 2 is 2.06 bits per heavy atom. The van der Waals surface area contributed by atoms with Gasteiger partial charge in [-0.3, -0.25) is 14.6 Å². The second-order valence-electron chi connectivity index (χ2n) is 8.14. The third kappa shape index (κ3) is 4.96. The van der Waals surface area contributed by atoms with Gasteiger partial charge in [0, 0.05) is 31.3 Å². The Morgan fingerprint density at radius 1 is 1.22 bits per heavy atom. The van der Waals surface area contributed by atoms with Gasteiger partial charge in [0.1, 0.15) is 11.5 Å². The van der Waals surface area contributed by atoms with Crippen LogP contribution in [0.25, 0.3) is 0 Å². The number of anilines is 1. The molecule has 1 aromatic carbocycles. The summed E-state index contributed by atoms with van der Waals surface area (Å²) in [6.45, 7) is 4.88. The van der Waals surface area contributed by atoms with Crippen LogP contribution in [0.3, 0.4) is 0 Å². The smallest absolute Gasteiger partial charge is 0.276 e. The van der Waals surface area contributed by atoms with Crippen molar-refractivity contribution in [1.82, 2.24) is 15.0 Å². The van der Waals surface area contributed by atoms with Crippen LogP contribution in [0.2, 0.25) is 0 Å². The van der Waals surface area contributed by atoms with Gasteiger partial charge < -0.3 is 19.5 Å². The molecule has 0 bridgehead atoms. The molecule has 3 heterocycles. The molecule has 1 N–H and O–H groups in total. The number of carbonyl (C=O) groups is 2. The molecule has 8 heteroatoms. The first-order chi connectivity index (χ1) is 15.5. The van der Waals surface area contributed by atoms with Gasteiger partial charge in [0.2, 0.25) is 5.91 Å². The second kappa shape index (κ2) is 9.64. The maximum atomic E-state index is 13.0. The van der Waals surface area contributed by atoms with Crippen molar-refractivity contribution in [1.29, 1.82) is 0 Å². The highest BCUT2D eigenvalue weighted by atomic mass is 16.5. The molecule has 0 radical (unpaired) electrons. The Labute approximate surface area is 186 Å². The van der Waals surface area contributed by atoms with Crippen LogP contribution in [0, 0.1) is 5.92 Å². The molecule has 0 saturated carbocycles. The Kier molecular flexibility index (Phi) is 6.49. The summed E-state index contributed by atoms with van der Waals surface area (Å²) in [5.74, 6) is 1.25. The number of hydrogen-bond donors (Lipinski definition) is 1. The lowest BCUT2D eigenvalue weighted by molar-refractivity contribution is -0.121. The molecule has 1 aliphatic heterocycles. The van der Waals surface area contributed by atoms with Crippen molar-refractivity contribution in [3.05, 3.63) is 66.3 Å². The third-order valence-electron chi connectivity index (χ3n) is 5.40. The van der Waals surface area contributed by atoms with Crippen LogP contribution < -0.4 is 10.1 Å². The number of aromatic nitrogens is 2. The first-order valence-electron chi connectivity index (χ1n) is 10.7. The Morgan fingerprint density at radius 3 is 2.81 bits per heavy atom. The van der Waals surface area contributed by atoms with Crippen LogP contribution in [-0.2, 0) is 4.79 Å². The summed E-state index contributed by atoms with van der Waals surface area (Å²) in [6, 6.07) is 12.5. The van der Waals surface area contributed by atoms with E-state index in [9.17, 15) is 9.59 Å². The standard InChI is InChI=1S/C24H26N4O4/c1-16(2)22-13-20(27-32-22)24(30)28-12-6-7-17(15-28)23(29)26-19-9-3-4-10-21(19)31-18-8-5-11-25-14-18/h3-5,8-11,13-14,16-17H,6-7,12,15H2,1-2H3,(H,26,29)/t17-/m1/s1. The van der Waals surface area contributed by atoms with E-state index in [0.717, 1.165) is 6.42 Å². The minimum atomic E-state index is -0.324. The lowest BCUT2D eigenvalue weighted by Crippen LogP contribution is -2.43. The fourth-order valence-corrected chi connectivity index (χ4v) is 3.63. The molecule has 3 aromatic rings. The molecule has 1 atom stereocenters. The second-order valence-corrected chi connectivity index (χ2v) is 8.14. The molecule has 0 aliphatic carbocycles. The molecular formula is C24H26N4O4. The fraction of sp³-hybridized carbons (Fsp3) is 0.333. The minimum Gasteiger partial charge on any atom is -0.454 e. The normalized spacial score (nSPS) is 16.1. The summed E-state index contributed by atoms with van der Waals surface area (Å²) >= 11 is 0. The number of nitrogens with one attached hydrogen (secondary N) is 1. The van der Waals surface area contributed by atoms with E-state index in [4.69, 9.17) is 9.26 Å². The van der Waals surface area contributed by atoms with Crippen LogP contribution in [0.5, 0.6) is 11.5 Å². The van der Waals surface area contributed by atoms with E-state index in [-0.39, 0.29) is 29.3 Å². The van der Waals surface area contributed by atoms with Gasteiger partial charge in [0.25, 0.3) is 5.91 Å². The number of piperidine rings is 1. The third-order valence-corrected chi connectivity index (χ3v) is 5.40. The van der Waals surface area contributed by atoms with E-state index in [1.54, 1.807) is 47.6 Å². The average molecular weight is 434 g/mol. The van der Waals surface area contributed by atoms with Crippen LogP contribution in [0.4, 0.5) is 5.69 Å². The monoisotopic (exact) mass is 434 g/mol. The van der Waals surface area contributed by atoms with Crippen molar-refractivity contribution in [3.63, 3.8) is 0 Å². The van der Waals surface area contributed by atoms with Crippen molar-refractivity contribution in [2.75, 3.05) is 18.4 Å². The number of hydrogen-bond acceptors (Lipinski definition) is 6. The van der Waals surface area contributed by atoms with Gasteiger partial charge in [0.05, 0.1) is 17.8 Å². The largest absolute Gasteiger partial charge is 0.454 e. The molecule has 2 aromatic heterocycles. The van der Waals surface area contributed by atoms with Crippen molar-refractivity contribution in [3.8, 4) is 11.5 Å². The molecular weight excluding hydrogens is 408 g/mol. The van der Waals surface area contributed by atoms with Gasteiger partial charge in [-0.2, -0.15) is 0 Å². The topological polar surface area (TPSA) is 97.6 Å². The average Bonchev–Trinajstić information content (AvgIpc) is 3.31. The van der Waals surface area contributed by atoms with Crippen molar-refractivity contribution >= 4 is 17.5 Å². The van der Waals surface area contributed by atoms with Gasteiger partial charge in [-0.15, -0.1) is 0 Å². The zero-order valence-electron chi connectivity index (χ0n) is 18.2. The highest BCUT2D eigenvalue weighted by Gasteiger charge is 2.30. The maximum Gasteiger partial charge on any atom is 0.276 e. The first-order valence-corrected chi connectivity index (χ1v) is 10.7. The number of ether oxygens (including phenoxy) is 1. The molecule has 4 rings (SSSR count). The van der Waals surface area contributed by atoms with Crippen molar-refractivity contribution < 1.29 is 18.8 Å². The van der Waals surface area contributed by atoms with Crippen molar-refractivity contribution in [2.24, 2.45) is 5.92 Å². The zero-order valence-corrected chi connectivity index (χ0v) is 18.2. The first kappa shape index (κ1) is 21.5. The fourth-order valence-electron chi connectivity index (χ4n) is 3.63. The minimum absolute atomic E-state index is 0.146. The van der Waals surface area contributed by atoms with E-state index in [1.165, 1.54) is 0 Å².